The van der Waals surface area contributed by atoms with E-state index in [2.05, 4.69) is 4.72 Å². The quantitative estimate of drug-likeness (QED) is 0.922. The van der Waals surface area contributed by atoms with Gasteiger partial charge in [0.2, 0.25) is 10.0 Å². The fourth-order valence-electron chi connectivity index (χ4n) is 1.41. The van der Waals surface area contributed by atoms with Gasteiger partial charge in [-0.05, 0) is 31.5 Å². The summed E-state index contributed by atoms with van der Waals surface area (Å²) in [6, 6.07) is 3.91. The molecule has 0 heterocycles. The van der Waals surface area contributed by atoms with Crippen LogP contribution in [0.4, 0.5) is 13.2 Å². The van der Waals surface area contributed by atoms with Gasteiger partial charge < -0.3 is 0 Å². The molecule has 0 bridgehead atoms. The maximum absolute atomic E-state index is 12.5. The number of nitrogens with one attached hydrogen (secondary N) is 1. The van der Waals surface area contributed by atoms with Crippen molar-refractivity contribution in [3.05, 3.63) is 35.4 Å². The predicted octanol–water partition coefficient (Wildman–Crippen LogP) is 2.71. The Morgan fingerprint density at radius 2 is 1.94 bits per heavy atom. The van der Waals surface area contributed by atoms with Crippen molar-refractivity contribution in [3.63, 3.8) is 0 Å². The molecule has 0 saturated carbocycles. The lowest BCUT2D eigenvalue weighted by atomic mass is 10.1. The largest absolute Gasteiger partial charge is 0.416 e. The van der Waals surface area contributed by atoms with E-state index in [1.807, 2.05) is 0 Å². The molecule has 1 rings (SSSR count). The van der Waals surface area contributed by atoms with Crippen LogP contribution < -0.4 is 4.72 Å². The van der Waals surface area contributed by atoms with Gasteiger partial charge in [0.05, 0.1) is 11.3 Å². The third-order valence-electron chi connectivity index (χ3n) is 2.45. The molecule has 3 nitrogen and oxygen atoms in total. The number of hydrogen-bond donors (Lipinski definition) is 1. The SMILES string of the molecule is CCS(=O)(=O)NC(C)c1cccc(C(F)(F)F)c1. The topological polar surface area (TPSA) is 46.2 Å². The minimum Gasteiger partial charge on any atom is -0.212 e. The molecule has 0 aliphatic rings. The highest BCUT2D eigenvalue weighted by Crippen LogP contribution is 2.30. The van der Waals surface area contributed by atoms with E-state index in [4.69, 9.17) is 0 Å². The molecule has 0 fully saturated rings. The molecule has 0 spiro atoms. The van der Waals surface area contributed by atoms with Gasteiger partial charge in [0, 0.05) is 6.04 Å². The fraction of sp³-hybridized carbons (Fsp3) is 0.455. The summed E-state index contributed by atoms with van der Waals surface area (Å²) >= 11 is 0. The summed E-state index contributed by atoms with van der Waals surface area (Å²) in [5.41, 5.74) is -0.510. The van der Waals surface area contributed by atoms with E-state index in [0.29, 0.717) is 0 Å². The van der Waals surface area contributed by atoms with Crippen LogP contribution >= 0.6 is 0 Å². The van der Waals surface area contributed by atoms with Crippen LogP contribution in [-0.2, 0) is 16.2 Å². The molecule has 1 aromatic rings. The Bertz CT molecular complexity index is 511. The standard InChI is InChI=1S/C11H14F3NO2S/c1-3-18(16,17)15-8(2)9-5-4-6-10(7-9)11(12,13)14/h4-8,15H,3H2,1-2H3. The Hall–Kier alpha value is -1.08. The molecule has 0 aliphatic carbocycles. The van der Waals surface area contributed by atoms with Gasteiger partial charge in [-0.3, -0.25) is 0 Å². The Balaban J connectivity index is 2.97. The van der Waals surface area contributed by atoms with Crippen molar-refractivity contribution in [1.82, 2.24) is 4.72 Å². The van der Waals surface area contributed by atoms with E-state index < -0.39 is 27.8 Å². The zero-order valence-corrected chi connectivity index (χ0v) is 10.8. The zero-order valence-electron chi connectivity index (χ0n) is 9.95. The van der Waals surface area contributed by atoms with Crippen LogP contribution in [-0.4, -0.2) is 14.2 Å². The van der Waals surface area contributed by atoms with Crippen LogP contribution in [0.1, 0.15) is 31.0 Å². The van der Waals surface area contributed by atoms with E-state index in [0.717, 1.165) is 12.1 Å². The zero-order chi connectivity index (χ0) is 14.0. The van der Waals surface area contributed by atoms with E-state index >= 15 is 0 Å². The molecular weight excluding hydrogens is 267 g/mol. The number of hydrogen-bond acceptors (Lipinski definition) is 2. The lowest BCUT2D eigenvalue weighted by Crippen LogP contribution is -2.28. The number of halogens is 3. The van der Waals surface area contributed by atoms with E-state index in [1.54, 1.807) is 0 Å². The maximum Gasteiger partial charge on any atom is 0.416 e. The Morgan fingerprint density at radius 3 is 2.44 bits per heavy atom. The predicted molar refractivity (Wildman–Crippen MR) is 62.5 cm³/mol. The summed E-state index contributed by atoms with van der Waals surface area (Å²) < 4.78 is 62.5. The highest BCUT2D eigenvalue weighted by molar-refractivity contribution is 7.89. The van der Waals surface area contributed by atoms with E-state index in [9.17, 15) is 21.6 Å². The second-order valence-electron chi connectivity index (χ2n) is 3.87. The number of alkyl halides is 3. The Labute approximate surface area is 104 Å². The molecule has 0 aliphatic heterocycles. The summed E-state index contributed by atoms with van der Waals surface area (Å²) in [6.45, 7) is 2.96. The molecule has 7 heteroatoms. The van der Waals surface area contributed by atoms with Crippen LogP contribution in [0.2, 0.25) is 0 Å². The fourth-order valence-corrected chi connectivity index (χ4v) is 2.25. The second kappa shape index (κ2) is 5.27. The van der Waals surface area contributed by atoms with Crippen LogP contribution in [0.15, 0.2) is 24.3 Å². The van der Waals surface area contributed by atoms with Gasteiger partial charge in [-0.15, -0.1) is 0 Å². The first-order valence-electron chi connectivity index (χ1n) is 5.33. The second-order valence-corrected chi connectivity index (χ2v) is 5.91. The molecule has 0 aromatic heterocycles. The molecule has 18 heavy (non-hydrogen) atoms. The first-order chi connectivity index (χ1) is 8.15. The van der Waals surface area contributed by atoms with Crippen LogP contribution in [0, 0.1) is 0 Å². The molecule has 0 radical (unpaired) electrons. The van der Waals surface area contributed by atoms with Gasteiger partial charge in [0.1, 0.15) is 0 Å². The monoisotopic (exact) mass is 281 g/mol. The first kappa shape index (κ1) is 15.0. The average Bonchev–Trinajstić information content (AvgIpc) is 2.27. The lowest BCUT2D eigenvalue weighted by Gasteiger charge is -2.15. The van der Waals surface area contributed by atoms with Gasteiger partial charge in [-0.1, -0.05) is 12.1 Å². The lowest BCUT2D eigenvalue weighted by molar-refractivity contribution is -0.137. The molecule has 1 N–H and O–H groups in total. The number of benzene rings is 1. The van der Waals surface area contributed by atoms with Crippen LogP contribution in [0.25, 0.3) is 0 Å². The summed E-state index contributed by atoms with van der Waals surface area (Å²) in [5.74, 6) is -0.115. The third-order valence-corrected chi connectivity index (χ3v) is 3.92. The molecule has 1 aromatic carbocycles. The first-order valence-corrected chi connectivity index (χ1v) is 6.98. The van der Waals surface area contributed by atoms with Gasteiger partial charge in [-0.2, -0.15) is 13.2 Å². The Kier molecular flexibility index (Phi) is 4.39. The summed E-state index contributed by atoms with van der Waals surface area (Å²) in [6.07, 6.45) is -4.43. The molecule has 1 atom stereocenters. The maximum atomic E-state index is 12.5. The average molecular weight is 281 g/mol. The normalized spacial score (nSPS) is 14.5. The van der Waals surface area contributed by atoms with Crippen LogP contribution in [0.5, 0.6) is 0 Å². The number of sulfonamides is 1. The molecule has 0 saturated heterocycles. The van der Waals surface area contributed by atoms with Crippen LogP contribution in [0.3, 0.4) is 0 Å². The minimum atomic E-state index is -4.43. The molecular formula is C11H14F3NO2S. The van der Waals surface area contributed by atoms with Gasteiger partial charge in [0.15, 0.2) is 0 Å². The van der Waals surface area contributed by atoms with Crippen molar-refractivity contribution in [3.8, 4) is 0 Å². The summed E-state index contributed by atoms with van der Waals surface area (Å²) in [4.78, 5) is 0. The van der Waals surface area contributed by atoms with Gasteiger partial charge in [-0.25, -0.2) is 13.1 Å². The van der Waals surface area contributed by atoms with Gasteiger partial charge >= 0.3 is 6.18 Å². The Morgan fingerprint density at radius 1 is 1.33 bits per heavy atom. The van der Waals surface area contributed by atoms with Crippen molar-refractivity contribution in [2.45, 2.75) is 26.1 Å². The molecule has 0 amide bonds. The van der Waals surface area contributed by atoms with Crippen molar-refractivity contribution in [2.24, 2.45) is 0 Å². The van der Waals surface area contributed by atoms with Gasteiger partial charge in [0.25, 0.3) is 0 Å². The van der Waals surface area contributed by atoms with E-state index in [-0.39, 0.29) is 11.3 Å². The third kappa shape index (κ3) is 3.99. The van der Waals surface area contributed by atoms with Crippen molar-refractivity contribution in [1.29, 1.82) is 0 Å². The highest BCUT2D eigenvalue weighted by Gasteiger charge is 2.30. The summed E-state index contributed by atoms with van der Waals surface area (Å²) in [5, 5.41) is 0. The van der Waals surface area contributed by atoms with Crippen molar-refractivity contribution >= 4 is 10.0 Å². The molecule has 102 valence electrons. The summed E-state index contributed by atoms with van der Waals surface area (Å²) in [7, 11) is -3.45. The van der Waals surface area contributed by atoms with Crippen molar-refractivity contribution in [2.75, 3.05) is 5.75 Å². The smallest absolute Gasteiger partial charge is 0.212 e. The molecule has 1 unspecified atom stereocenters. The van der Waals surface area contributed by atoms with Crippen molar-refractivity contribution < 1.29 is 21.6 Å². The van der Waals surface area contributed by atoms with E-state index in [1.165, 1.54) is 26.0 Å². The number of rotatable bonds is 4. The minimum absolute atomic E-state index is 0.115. The highest BCUT2D eigenvalue weighted by atomic mass is 32.2.